The summed E-state index contributed by atoms with van der Waals surface area (Å²) < 4.78 is 13.2. The molecule has 0 aromatic heterocycles. The topological polar surface area (TPSA) is 84.3 Å². The van der Waals surface area contributed by atoms with E-state index in [1.165, 1.54) is 30.3 Å². The molecule has 2 amide bonds. The molecule has 7 heteroatoms. The average molecular weight is 343 g/mol. The zero-order chi connectivity index (χ0) is 17.9. The molecule has 25 heavy (non-hydrogen) atoms. The fourth-order valence-electron chi connectivity index (χ4n) is 3.31. The number of urea groups is 1. The molecule has 0 aliphatic heterocycles. The second-order valence-electron chi connectivity index (χ2n) is 6.18. The van der Waals surface area contributed by atoms with Gasteiger partial charge in [-0.15, -0.1) is 0 Å². The SMILES string of the molecule is O=C(Nc1cccc([N+](=O)[O-])c1)NC1(c2ccc(F)cc2)CCCC1. The van der Waals surface area contributed by atoms with Crippen molar-refractivity contribution in [3.63, 3.8) is 0 Å². The van der Waals surface area contributed by atoms with Crippen molar-refractivity contribution in [1.29, 1.82) is 0 Å². The van der Waals surface area contributed by atoms with E-state index < -0.39 is 16.5 Å². The summed E-state index contributed by atoms with van der Waals surface area (Å²) in [4.78, 5) is 22.7. The van der Waals surface area contributed by atoms with Gasteiger partial charge >= 0.3 is 6.03 Å². The number of nitrogens with zero attached hydrogens (tertiary/aromatic N) is 1. The molecule has 1 fully saturated rings. The Morgan fingerprint density at radius 2 is 1.80 bits per heavy atom. The van der Waals surface area contributed by atoms with Crippen LogP contribution in [0.5, 0.6) is 0 Å². The van der Waals surface area contributed by atoms with Crippen molar-refractivity contribution in [3.8, 4) is 0 Å². The maximum absolute atomic E-state index is 13.2. The number of nitro groups is 1. The third-order valence-corrected chi connectivity index (χ3v) is 4.52. The number of carbonyl (C=O) groups is 1. The largest absolute Gasteiger partial charge is 0.328 e. The number of hydrogen-bond acceptors (Lipinski definition) is 3. The Labute approximate surface area is 144 Å². The third-order valence-electron chi connectivity index (χ3n) is 4.52. The first-order chi connectivity index (χ1) is 12.0. The molecule has 0 radical (unpaired) electrons. The Morgan fingerprint density at radius 3 is 2.44 bits per heavy atom. The minimum Gasteiger partial charge on any atom is -0.328 e. The highest BCUT2D eigenvalue weighted by atomic mass is 19.1. The van der Waals surface area contributed by atoms with Crippen LogP contribution in [0.25, 0.3) is 0 Å². The molecule has 0 heterocycles. The first-order valence-electron chi connectivity index (χ1n) is 8.08. The van der Waals surface area contributed by atoms with Crippen LogP contribution in [-0.4, -0.2) is 11.0 Å². The van der Waals surface area contributed by atoms with Gasteiger partial charge in [-0.3, -0.25) is 10.1 Å². The summed E-state index contributed by atoms with van der Waals surface area (Å²) in [6.45, 7) is 0. The molecule has 0 atom stereocenters. The van der Waals surface area contributed by atoms with E-state index in [0.29, 0.717) is 5.69 Å². The Balaban J connectivity index is 1.76. The normalized spacial score (nSPS) is 15.6. The van der Waals surface area contributed by atoms with Gasteiger partial charge in [0.2, 0.25) is 0 Å². The molecule has 1 saturated carbocycles. The maximum atomic E-state index is 13.2. The quantitative estimate of drug-likeness (QED) is 0.640. The number of nitro benzene ring substituents is 1. The molecule has 6 nitrogen and oxygen atoms in total. The standard InChI is InChI=1S/C18H18FN3O3/c19-14-8-6-13(7-9-14)18(10-1-2-11-18)21-17(23)20-15-4-3-5-16(12-15)22(24)25/h3-9,12H,1-2,10-11H2,(H2,20,21,23). The van der Waals surface area contributed by atoms with Crippen molar-refractivity contribution in [2.45, 2.75) is 31.2 Å². The van der Waals surface area contributed by atoms with Crippen molar-refractivity contribution >= 4 is 17.4 Å². The molecule has 2 aromatic rings. The Hall–Kier alpha value is -2.96. The van der Waals surface area contributed by atoms with Crippen LogP contribution in [0.3, 0.4) is 0 Å². The number of anilines is 1. The zero-order valence-electron chi connectivity index (χ0n) is 13.5. The van der Waals surface area contributed by atoms with Gasteiger partial charge in [-0.1, -0.05) is 31.0 Å². The van der Waals surface area contributed by atoms with Crippen LogP contribution in [0.1, 0.15) is 31.2 Å². The lowest BCUT2D eigenvalue weighted by Crippen LogP contribution is -2.45. The fourth-order valence-corrected chi connectivity index (χ4v) is 3.31. The van der Waals surface area contributed by atoms with E-state index >= 15 is 0 Å². The molecule has 1 aliphatic rings. The molecule has 2 aromatic carbocycles. The third kappa shape index (κ3) is 3.76. The van der Waals surface area contributed by atoms with Gasteiger partial charge in [-0.2, -0.15) is 0 Å². The lowest BCUT2D eigenvalue weighted by Gasteiger charge is -2.31. The minimum absolute atomic E-state index is 0.0908. The fraction of sp³-hybridized carbons (Fsp3) is 0.278. The van der Waals surface area contributed by atoms with Crippen LogP contribution in [0.2, 0.25) is 0 Å². The first kappa shape index (κ1) is 16.9. The van der Waals surface area contributed by atoms with E-state index in [2.05, 4.69) is 10.6 Å². The summed E-state index contributed by atoms with van der Waals surface area (Å²) in [5, 5.41) is 16.5. The molecule has 130 valence electrons. The summed E-state index contributed by atoms with van der Waals surface area (Å²) in [7, 11) is 0. The highest BCUT2D eigenvalue weighted by Crippen LogP contribution is 2.38. The summed E-state index contributed by atoms with van der Waals surface area (Å²) >= 11 is 0. The molecule has 0 saturated heterocycles. The summed E-state index contributed by atoms with van der Waals surface area (Å²) in [6, 6.07) is 11.5. The molecular formula is C18H18FN3O3. The highest BCUT2D eigenvalue weighted by molar-refractivity contribution is 5.90. The van der Waals surface area contributed by atoms with Crippen molar-refractivity contribution in [1.82, 2.24) is 5.32 Å². The number of rotatable bonds is 4. The molecule has 1 aliphatic carbocycles. The number of non-ortho nitro benzene ring substituents is 1. The number of amides is 2. The lowest BCUT2D eigenvalue weighted by molar-refractivity contribution is -0.384. The summed E-state index contributed by atoms with van der Waals surface area (Å²) in [5.74, 6) is -0.321. The van der Waals surface area contributed by atoms with Crippen LogP contribution in [0.15, 0.2) is 48.5 Å². The van der Waals surface area contributed by atoms with E-state index in [-0.39, 0.29) is 11.5 Å². The van der Waals surface area contributed by atoms with Gasteiger partial charge in [0.25, 0.3) is 5.69 Å². The molecule has 3 rings (SSSR count). The van der Waals surface area contributed by atoms with Gasteiger partial charge in [0.1, 0.15) is 5.82 Å². The van der Waals surface area contributed by atoms with Gasteiger partial charge in [0, 0.05) is 17.8 Å². The van der Waals surface area contributed by atoms with Gasteiger partial charge in [0.15, 0.2) is 0 Å². The van der Waals surface area contributed by atoms with Crippen LogP contribution in [0, 0.1) is 15.9 Å². The summed E-state index contributed by atoms with van der Waals surface area (Å²) in [6.07, 6.45) is 3.46. The van der Waals surface area contributed by atoms with E-state index in [9.17, 15) is 19.3 Å². The van der Waals surface area contributed by atoms with Gasteiger partial charge < -0.3 is 10.6 Å². The average Bonchev–Trinajstić information content (AvgIpc) is 3.05. The smallest absolute Gasteiger partial charge is 0.319 e. The maximum Gasteiger partial charge on any atom is 0.319 e. The summed E-state index contributed by atoms with van der Waals surface area (Å²) in [5.41, 5.74) is 0.574. The lowest BCUT2D eigenvalue weighted by atomic mass is 9.88. The van der Waals surface area contributed by atoms with Crippen molar-refractivity contribution in [3.05, 3.63) is 70.0 Å². The van der Waals surface area contributed by atoms with Gasteiger partial charge in [-0.25, -0.2) is 9.18 Å². The number of hydrogen-bond donors (Lipinski definition) is 2. The Morgan fingerprint density at radius 1 is 1.12 bits per heavy atom. The van der Waals surface area contributed by atoms with Gasteiger partial charge in [0.05, 0.1) is 10.5 Å². The molecule has 2 N–H and O–H groups in total. The predicted octanol–water partition coefficient (Wildman–Crippen LogP) is 4.32. The van der Waals surface area contributed by atoms with Crippen molar-refractivity contribution in [2.24, 2.45) is 0 Å². The minimum atomic E-state index is -0.543. The van der Waals surface area contributed by atoms with E-state index in [0.717, 1.165) is 31.2 Å². The molecule has 0 unspecified atom stereocenters. The van der Waals surface area contributed by atoms with Gasteiger partial charge in [-0.05, 0) is 36.6 Å². The van der Waals surface area contributed by atoms with Crippen LogP contribution in [-0.2, 0) is 5.54 Å². The van der Waals surface area contributed by atoms with Crippen LogP contribution in [0.4, 0.5) is 20.6 Å². The van der Waals surface area contributed by atoms with Crippen LogP contribution < -0.4 is 10.6 Å². The second kappa shape index (κ2) is 6.88. The first-order valence-corrected chi connectivity index (χ1v) is 8.08. The number of halogens is 1. The van der Waals surface area contributed by atoms with E-state index in [1.807, 2.05) is 0 Å². The molecular weight excluding hydrogens is 325 g/mol. The number of nitrogens with one attached hydrogen (secondary N) is 2. The Kier molecular flexibility index (Phi) is 4.65. The Bertz CT molecular complexity index is 786. The van der Waals surface area contributed by atoms with Crippen molar-refractivity contribution in [2.75, 3.05) is 5.32 Å². The number of benzene rings is 2. The highest BCUT2D eigenvalue weighted by Gasteiger charge is 2.37. The van der Waals surface area contributed by atoms with Crippen LogP contribution >= 0.6 is 0 Å². The second-order valence-corrected chi connectivity index (χ2v) is 6.18. The molecule has 0 spiro atoms. The van der Waals surface area contributed by atoms with Crippen molar-refractivity contribution < 1.29 is 14.1 Å². The predicted molar refractivity (Wildman–Crippen MR) is 91.8 cm³/mol. The van der Waals surface area contributed by atoms with E-state index in [4.69, 9.17) is 0 Å². The van der Waals surface area contributed by atoms with E-state index in [1.54, 1.807) is 18.2 Å². The zero-order valence-corrected chi connectivity index (χ0v) is 13.5. The monoisotopic (exact) mass is 343 g/mol. The number of carbonyl (C=O) groups excluding carboxylic acids is 1. The molecule has 0 bridgehead atoms.